The molecule has 0 amide bonds. The molecule has 0 N–H and O–H groups in total. The first-order chi connectivity index (χ1) is 9.15. The van der Waals surface area contributed by atoms with E-state index >= 15 is 0 Å². The van der Waals surface area contributed by atoms with Crippen LogP contribution in [0.25, 0.3) is 10.1 Å². The lowest BCUT2D eigenvalue weighted by Crippen LogP contribution is -1.82. The average Bonchev–Trinajstić information content (AvgIpc) is 2.70. The van der Waals surface area contributed by atoms with Gasteiger partial charge in [-0.05, 0) is 24.3 Å². The Morgan fingerprint density at radius 2 is 1.74 bits per heavy atom. The Kier molecular flexibility index (Phi) is 3.59. The number of fused-ring (bicyclic) bond motifs is 1. The molecule has 0 saturated heterocycles. The van der Waals surface area contributed by atoms with Crippen molar-refractivity contribution in [2.24, 2.45) is 0 Å². The lowest BCUT2D eigenvalue weighted by atomic mass is 10.3. The number of halogens is 3. The Bertz CT molecular complexity index is 752. The molecule has 2 aromatic carbocycles. The van der Waals surface area contributed by atoms with Crippen LogP contribution in [0.3, 0.4) is 0 Å². The summed E-state index contributed by atoms with van der Waals surface area (Å²) in [6.07, 6.45) is 0. The van der Waals surface area contributed by atoms with Gasteiger partial charge >= 0.3 is 0 Å². The van der Waals surface area contributed by atoms with Gasteiger partial charge in [0.1, 0.15) is 10.8 Å². The van der Waals surface area contributed by atoms with Gasteiger partial charge in [0.05, 0.1) is 5.02 Å². The van der Waals surface area contributed by atoms with Gasteiger partial charge in [-0.2, -0.15) is 0 Å². The highest BCUT2D eigenvalue weighted by molar-refractivity contribution is 7.21. The van der Waals surface area contributed by atoms with Gasteiger partial charge < -0.3 is 4.74 Å². The summed E-state index contributed by atoms with van der Waals surface area (Å²) in [4.78, 5) is 0. The first-order valence-corrected chi connectivity index (χ1v) is 7.40. The lowest BCUT2D eigenvalue weighted by Gasteiger charge is -2.05. The molecule has 1 heterocycles. The van der Waals surface area contributed by atoms with E-state index in [9.17, 15) is 0 Å². The van der Waals surface area contributed by atoms with E-state index in [-0.39, 0.29) is 0 Å². The molecule has 96 valence electrons. The second-order valence-corrected chi connectivity index (χ2v) is 6.11. The SMILES string of the molecule is Clc1ccc(Oc2sc3ccccc3c2Cl)c(Cl)c1. The average molecular weight is 330 g/mol. The van der Waals surface area contributed by atoms with Crippen LogP contribution >= 0.6 is 46.1 Å². The molecular formula is C14H7Cl3OS. The normalized spacial score (nSPS) is 10.9. The van der Waals surface area contributed by atoms with E-state index in [2.05, 4.69) is 0 Å². The van der Waals surface area contributed by atoms with Crippen molar-refractivity contribution in [3.8, 4) is 10.8 Å². The van der Waals surface area contributed by atoms with Crippen molar-refractivity contribution in [1.82, 2.24) is 0 Å². The molecule has 0 aliphatic rings. The van der Waals surface area contributed by atoms with Crippen molar-refractivity contribution < 1.29 is 4.74 Å². The summed E-state index contributed by atoms with van der Waals surface area (Å²) >= 11 is 19.7. The fourth-order valence-electron chi connectivity index (χ4n) is 1.72. The second-order valence-electron chi connectivity index (χ2n) is 3.88. The van der Waals surface area contributed by atoms with Crippen LogP contribution in [-0.2, 0) is 0 Å². The maximum absolute atomic E-state index is 6.31. The minimum Gasteiger partial charge on any atom is -0.443 e. The Labute approximate surface area is 129 Å². The number of hydrogen-bond acceptors (Lipinski definition) is 2. The van der Waals surface area contributed by atoms with Crippen LogP contribution in [-0.4, -0.2) is 0 Å². The van der Waals surface area contributed by atoms with E-state index in [1.807, 2.05) is 24.3 Å². The van der Waals surface area contributed by atoms with Crippen molar-refractivity contribution in [3.63, 3.8) is 0 Å². The van der Waals surface area contributed by atoms with Gasteiger partial charge in [0.2, 0.25) is 5.06 Å². The molecule has 0 fully saturated rings. The molecule has 0 atom stereocenters. The van der Waals surface area contributed by atoms with E-state index in [1.165, 1.54) is 11.3 Å². The van der Waals surface area contributed by atoms with Crippen LogP contribution in [0.2, 0.25) is 15.1 Å². The number of benzene rings is 2. The number of thiophene rings is 1. The summed E-state index contributed by atoms with van der Waals surface area (Å²) in [6.45, 7) is 0. The molecular weight excluding hydrogens is 323 g/mol. The van der Waals surface area contributed by atoms with Crippen molar-refractivity contribution in [1.29, 1.82) is 0 Å². The van der Waals surface area contributed by atoms with Gasteiger partial charge in [-0.25, -0.2) is 0 Å². The smallest absolute Gasteiger partial charge is 0.200 e. The highest BCUT2D eigenvalue weighted by atomic mass is 35.5. The zero-order chi connectivity index (χ0) is 13.4. The first kappa shape index (κ1) is 13.1. The van der Waals surface area contributed by atoms with Gasteiger partial charge in [-0.1, -0.05) is 64.3 Å². The largest absolute Gasteiger partial charge is 0.443 e. The monoisotopic (exact) mass is 328 g/mol. The van der Waals surface area contributed by atoms with Crippen LogP contribution < -0.4 is 4.74 Å². The maximum Gasteiger partial charge on any atom is 0.200 e. The van der Waals surface area contributed by atoms with Gasteiger partial charge in [-0.3, -0.25) is 0 Å². The van der Waals surface area contributed by atoms with Gasteiger partial charge in [0.15, 0.2) is 0 Å². The molecule has 0 radical (unpaired) electrons. The van der Waals surface area contributed by atoms with Gasteiger partial charge in [-0.15, -0.1) is 0 Å². The van der Waals surface area contributed by atoms with Crippen molar-refractivity contribution >= 4 is 56.2 Å². The standard InChI is InChI=1S/C14H7Cl3OS/c15-8-5-6-11(10(16)7-8)18-14-13(17)9-3-1-2-4-12(9)19-14/h1-7H. The van der Waals surface area contributed by atoms with Crippen molar-refractivity contribution in [2.45, 2.75) is 0 Å². The molecule has 1 nitrogen and oxygen atoms in total. The predicted molar refractivity (Wildman–Crippen MR) is 83.4 cm³/mol. The summed E-state index contributed by atoms with van der Waals surface area (Å²) in [5.41, 5.74) is 0. The Morgan fingerprint density at radius 3 is 2.47 bits per heavy atom. The summed E-state index contributed by atoms with van der Waals surface area (Å²) < 4.78 is 6.85. The third kappa shape index (κ3) is 2.54. The molecule has 1 aromatic heterocycles. The van der Waals surface area contributed by atoms with Crippen LogP contribution in [0.15, 0.2) is 42.5 Å². The molecule has 3 aromatic rings. The number of ether oxygens (including phenoxy) is 1. The van der Waals surface area contributed by atoms with Crippen LogP contribution in [0.5, 0.6) is 10.8 Å². The minimum atomic E-state index is 0.459. The van der Waals surface area contributed by atoms with E-state index in [4.69, 9.17) is 39.5 Å². The summed E-state index contributed by atoms with van der Waals surface area (Å²) in [6, 6.07) is 13.0. The summed E-state index contributed by atoms with van der Waals surface area (Å²) in [7, 11) is 0. The van der Waals surface area contributed by atoms with Crippen molar-refractivity contribution in [2.75, 3.05) is 0 Å². The quantitative estimate of drug-likeness (QED) is 0.511. The van der Waals surface area contributed by atoms with E-state index < -0.39 is 0 Å². The summed E-state index contributed by atoms with van der Waals surface area (Å²) in [5.74, 6) is 0.541. The molecule has 0 spiro atoms. The molecule has 0 unspecified atom stereocenters. The van der Waals surface area contributed by atoms with Crippen molar-refractivity contribution in [3.05, 3.63) is 57.5 Å². The van der Waals surface area contributed by atoms with Gasteiger partial charge in [0, 0.05) is 15.1 Å². The fourth-order valence-corrected chi connectivity index (χ4v) is 3.49. The summed E-state index contributed by atoms with van der Waals surface area (Å²) in [5, 5.41) is 3.24. The van der Waals surface area contributed by atoms with E-state index in [1.54, 1.807) is 18.2 Å². The zero-order valence-corrected chi connectivity index (χ0v) is 12.6. The highest BCUT2D eigenvalue weighted by Crippen LogP contribution is 2.44. The second kappa shape index (κ2) is 5.22. The van der Waals surface area contributed by atoms with Crippen LogP contribution in [0.1, 0.15) is 0 Å². The van der Waals surface area contributed by atoms with Crippen LogP contribution in [0.4, 0.5) is 0 Å². The molecule has 3 rings (SSSR count). The third-order valence-corrected chi connectivity index (χ3v) is 4.67. The fraction of sp³-hybridized carbons (Fsp3) is 0. The zero-order valence-electron chi connectivity index (χ0n) is 9.49. The Morgan fingerprint density at radius 1 is 0.947 bits per heavy atom. The first-order valence-electron chi connectivity index (χ1n) is 5.45. The topological polar surface area (TPSA) is 9.23 Å². The molecule has 5 heteroatoms. The molecule has 0 saturated carbocycles. The van der Waals surface area contributed by atoms with Crippen LogP contribution in [0, 0.1) is 0 Å². The van der Waals surface area contributed by atoms with Gasteiger partial charge in [0.25, 0.3) is 0 Å². The Hall–Kier alpha value is -0.930. The molecule has 0 aliphatic carbocycles. The predicted octanol–water partition coefficient (Wildman–Crippen LogP) is 6.65. The molecule has 0 aliphatic heterocycles. The molecule has 19 heavy (non-hydrogen) atoms. The minimum absolute atomic E-state index is 0.459. The highest BCUT2D eigenvalue weighted by Gasteiger charge is 2.13. The lowest BCUT2D eigenvalue weighted by molar-refractivity contribution is 0.497. The molecule has 0 bridgehead atoms. The Balaban J connectivity index is 2.03. The maximum atomic E-state index is 6.31. The third-order valence-electron chi connectivity index (χ3n) is 2.60. The van der Waals surface area contributed by atoms with E-state index in [0.29, 0.717) is 25.9 Å². The number of hydrogen-bond donors (Lipinski definition) is 0. The van der Waals surface area contributed by atoms with E-state index in [0.717, 1.165) is 10.1 Å². The number of rotatable bonds is 2.